The molecule has 7 heteroatoms. The number of nitrogens with zero attached hydrogens (tertiary/aromatic N) is 1. The van der Waals surface area contributed by atoms with E-state index >= 15 is 0 Å². The summed E-state index contributed by atoms with van der Waals surface area (Å²) < 4.78 is 0. The van der Waals surface area contributed by atoms with Gasteiger partial charge in [0.2, 0.25) is 0 Å². The van der Waals surface area contributed by atoms with Crippen molar-refractivity contribution in [3.63, 3.8) is 0 Å². The number of anilines is 1. The number of carboxylic acids is 1. The van der Waals surface area contributed by atoms with Crippen LogP contribution in [0.2, 0.25) is 0 Å². The maximum atomic E-state index is 11.8. The molecule has 1 amide bonds. The third-order valence-electron chi connectivity index (χ3n) is 2.48. The minimum absolute atomic E-state index is 0.0515. The number of hydrogen-bond acceptors (Lipinski definition) is 3. The van der Waals surface area contributed by atoms with Gasteiger partial charge >= 0.3 is 5.97 Å². The Kier molecular flexibility index (Phi) is 2.88. The Morgan fingerprint density at radius 1 is 1.39 bits per heavy atom. The molecule has 0 saturated heterocycles. The Morgan fingerprint density at radius 2 is 2.11 bits per heavy atom. The zero-order chi connectivity index (χ0) is 13.3. The van der Waals surface area contributed by atoms with Crippen LogP contribution in [0, 0.1) is 13.8 Å². The zero-order valence-corrected chi connectivity index (χ0v) is 9.87. The van der Waals surface area contributed by atoms with E-state index in [1.807, 2.05) is 0 Å². The van der Waals surface area contributed by atoms with Crippen molar-refractivity contribution in [1.29, 1.82) is 0 Å². The average molecular weight is 248 g/mol. The highest BCUT2D eigenvalue weighted by Crippen LogP contribution is 2.19. The van der Waals surface area contributed by atoms with Crippen LogP contribution in [-0.4, -0.2) is 32.2 Å². The maximum Gasteiger partial charge on any atom is 0.339 e. The van der Waals surface area contributed by atoms with E-state index < -0.39 is 11.9 Å². The SMILES string of the molecule is Cc1cc(C(=O)Nc2c[nH]c(C)c2C(=O)O)n[nH]1. The molecule has 0 fully saturated rings. The lowest BCUT2D eigenvalue weighted by Gasteiger charge is -2.02. The van der Waals surface area contributed by atoms with Crippen molar-refractivity contribution in [1.82, 2.24) is 15.2 Å². The lowest BCUT2D eigenvalue weighted by atomic mass is 10.2. The van der Waals surface area contributed by atoms with Gasteiger partial charge in [-0.05, 0) is 19.9 Å². The number of aryl methyl sites for hydroxylation is 2. The van der Waals surface area contributed by atoms with Crippen LogP contribution in [0.5, 0.6) is 0 Å². The molecule has 0 spiro atoms. The quantitative estimate of drug-likeness (QED) is 0.656. The Labute approximate surface area is 102 Å². The highest BCUT2D eigenvalue weighted by molar-refractivity contribution is 6.07. The van der Waals surface area contributed by atoms with Crippen LogP contribution < -0.4 is 5.32 Å². The molecule has 2 aromatic heterocycles. The van der Waals surface area contributed by atoms with Gasteiger partial charge in [-0.2, -0.15) is 5.10 Å². The first-order chi connectivity index (χ1) is 8.49. The van der Waals surface area contributed by atoms with Crippen molar-refractivity contribution >= 4 is 17.6 Å². The fourth-order valence-electron chi connectivity index (χ4n) is 1.62. The van der Waals surface area contributed by atoms with Gasteiger partial charge in [-0.25, -0.2) is 4.79 Å². The second kappa shape index (κ2) is 4.36. The topological polar surface area (TPSA) is 111 Å². The number of aromatic nitrogens is 3. The number of carboxylic acid groups (broad SMARTS) is 1. The molecule has 18 heavy (non-hydrogen) atoms. The highest BCUT2D eigenvalue weighted by Gasteiger charge is 2.18. The highest BCUT2D eigenvalue weighted by atomic mass is 16.4. The van der Waals surface area contributed by atoms with E-state index in [4.69, 9.17) is 5.11 Å². The number of aromatic amines is 2. The first kappa shape index (κ1) is 11.9. The van der Waals surface area contributed by atoms with E-state index in [1.54, 1.807) is 19.9 Å². The lowest BCUT2D eigenvalue weighted by molar-refractivity contribution is 0.0697. The molecule has 2 heterocycles. The van der Waals surface area contributed by atoms with Gasteiger partial charge < -0.3 is 15.4 Å². The van der Waals surface area contributed by atoms with Crippen LogP contribution in [0.25, 0.3) is 0 Å². The van der Waals surface area contributed by atoms with Crippen LogP contribution in [0.1, 0.15) is 32.2 Å². The fraction of sp³-hybridized carbons (Fsp3) is 0.182. The normalized spacial score (nSPS) is 10.3. The number of carbonyl (C=O) groups is 2. The molecule has 94 valence electrons. The van der Waals surface area contributed by atoms with E-state index in [1.165, 1.54) is 6.20 Å². The van der Waals surface area contributed by atoms with Crippen molar-refractivity contribution in [2.75, 3.05) is 5.32 Å². The minimum Gasteiger partial charge on any atom is -0.478 e. The molecule has 0 aliphatic heterocycles. The van der Waals surface area contributed by atoms with Crippen molar-refractivity contribution < 1.29 is 14.7 Å². The van der Waals surface area contributed by atoms with E-state index in [-0.39, 0.29) is 16.9 Å². The summed E-state index contributed by atoms with van der Waals surface area (Å²) in [6, 6.07) is 1.58. The standard InChI is InChI=1S/C11H12N4O3/c1-5-3-7(15-14-5)10(16)13-8-4-12-6(2)9(8)11(17)18/h3-4,12H,1-2H3,(H,13,16)(H,14,15)(H,17,18). The molecule has 0 unspecified atom stereocenters. The summed E-state index contributed by atoms with van der Waals surface area (Å²) in [6.45, 7) is 3.39. The third-order valence-corrected chi connectivity index (χ3v) is 2.48. The monoisotopic (exact) mass is 248 g/mol. The molecule has 7 nitrogen and oxygen atoms in total. The van der Waals surface area contributed by atoms with Crippen molar-refractivity contribution in [2.45, 2.75) is 13.8 Å². The summed E-state index contributed by atoms with van der Waals surface area (Å²) in [4.78, 5) is 25.6. The van der Waals surface area contributed by atoms with Gasteiger partial charge in [0.1, 0.15) is 5.56 Å². The fourth-order valence-corrected chi connectivity index (χ4v) is 1.62. The van der Waals surface area contributed by atoms with Gasteiger partial charge in [0.15, 0.2) is 5.69 Å². The Balaban J connectivity index is 2.25. The molecule has 0 aliphatic carbocycles. The smallest absolute Gasteiger partial charge is 0.339 e. The Hall–Kier alpha value is -2.57. The van der Waals surface area contributed by atoms with Crippen molar-refractivity contribution in [3.05, 3.63) is 34.9 Å². The van der Waals surface area contributed by atoms with Crippen molar-refractivity contribution in [2.24, 2.45) is 0 Å². The zero-order valence-electron chi connectivity index (χ0n) is 9.87. The Bertz CT molecular complexity index is 612. The van der Waals surface area contributed by atoms with Gasteiger partial charge in [0.05, 0.1) is 5.69 Å². The number of amides is 1. The van der Waals surface area contributed by atoms with E-state index in [2.05, 4.69) is 20.5 Å². The van der Waals surface area contributed by atoms with Crippen LogP contribution in [-0.2, 0) is 0 Å². The van der Waals surface area contributed by atoms with Gasteiger partial charge in [-0.3, -0.25) is 9.89 Å². The predicted octanol–water partition coefficient (Wildman–Crippen LogP) is 1.31. The van der Waals surface area contributed by atoms with Gasteiger partial charge in [0, 0.05) is 17.6 Å². The molecule has 0 aliphatic rings. The number of nitrogens with one attached hydrogen (secondary N) is 3. The summed E-state index contributed by atoms with van der Waals surface area (Å²) in [5.74, 6) is -1.55. The summed E-state index contributed by atoms with van der Waals surface area (Å²) in [7, 11) is 0. The van der Waals surface area contributed by atoms with Crippen LogP contribution in [0.3, 0.4) is 0 Å². The second-order valence-corrected chi connectivity index (χ2v) is 3.90. The van der Waals surface area contributed by atoms with E-state index in [0.717, 1.165) is 5.69 Å². The van der Waals surface area contributed by atoms with Gasteiger partial charge in [-0.1, -0.05) is 0 Å². The number of aromatic carboxylic acids is 1. The lowest BCUT2D eigenvalue weighted by Crippen LogP contribution is -2.14. The second-order valence-electron chi connectivity index (χ2n) is 3.90. The molecule has 0 aromatic carbocycles. The largest absolute Gasteiger partial charge is 0.478 e. The summed E-state index contributed by atoms with van der Waals surface area (Å²) in [6.07, 6.45) is 1.44. The average Bonchev–Trinajstić information content (AvgIpc) is 2.85. The molecular formula is C11H12N4O3. The first-order valence-electron chi connectivity index (χ1n) is 5.23. The van der Waals surface area contributed by atoms with Crippen LogP contribution in [0.15, 0.2) is 12.3 Å². The van der Waals surface area contributed by atoms with Crippen LogP contribution >= 0.6 is 0 Å². The third kappa shape index (κ3) is 2.10. The van der Waals surface area contributed by atoms with Crippen LogP contribution in [0.4, 0.5) is 5.69 Å². The molecule has 0 radical (unpaired) electrons. The van der Waals surface area contributed by atoms with Crippen molar-refractivity contribution in [3.8, 4) is 0 Å². The van der Waals surface area contributed by atoms with Gasteiger partial charge in [-0.15, -0.1) is 0 Å². The molecular weight excluding hydrogens is 236 g/mol. The first-order valence-corrected chi connectivity index (χ1v) is 5.23. The summed E-state index contributed by atoms with van der Waals surface area (Å²) in [5, 5.41) is 18.0. The van der Waals surface area contributed by atoms with Gasteiger partial charge in [0.25, 0.3) is 5.91 Å². The predicted molar refractivity (Wildman–Crippen MR) is 63.8 cm³/mol. The minimum atomic E-state index is -1.10. The number of hydrogen-bond donors (Lipinski definition) is 4. The molecule has 0 saturated carbocycles. The van der Waals surface area contributed by atoms with E-state index in [9.17, 15) is 9.59 Å². The molecule has 2 rings (SSSR count). The number of rotatable bonds is 3. The molecule has 0 bridgehead atoms. The molecule has 0 atom stereocenters. The molecule has 4 N–H and O–H groups in total. The van der Waals surface area contributed by atoms with E-state index in [0.29, 0.717) is 5.69 Å². The Morgan fingerprint density at radius 3 is 2.67 bits per heavy atom. The number of carbonyl (C=O) groups excluding carboxylic acids is 1. The maximum absolute atomic E-state index is 11.8. The summed E-state index contributed by atoms with van der Waals surface area (Å²) >= 11 is 0. The molecule has 2 aromatic rings. The summed E-state index contributed by atoms with van der Waals surface area (Å²) in [5.41, 5.74) is 1.73. The number of H-pyrrole nitrogens is 2.